The number of aromatic nitrogens is 1. The van der Waals surface area contributed by atoms with Gasteiger partial charge in [-0.1, -0.05) is 6.07 Å². The molecule has 0 radical (unpaired) electrons. The fourth-order valence-corrected chi connectivity index (χ4v) is 4.47. The zero-order valence-electron chi connectivity index (χ0n) is 18.9. The summed E-state index contributed by atoms with van der Waals surface area (Å²) in [7, 11) is 0. The van der Waals surface area contributed by atoms with Crippen molar-refractivity contribution in [2.24, 2.45) is 0 Å². The SMILES string of the molecule is CC(=O)c1c(O)c(C)c(O)c2c1OC1=CC(=O)/C(=C(/C)NC(C)c3ccccn3)C(=O)[C@]12C. The van der Waals surface area contributed by atoms with Crippen molar-refractivity contribution >= 4 is 17.3 Å². The van der Waals surface area contributed by atoms with Crippen LogP contribution in [0.25, 0.3) is 0 Å². The lowest BCUT2D eigenvalue weighted by Crippen LogP contribution is -2.41. The van der Waals surface area contributed by atoms with E-state index < -0.39 is 28.5 Å². The molecule has 3 N–H and O–H groups in total. The molecule has 0 bridgehead atoms. The van der Waals surface area contributed by atoms with Crippen molar-refractivity contribution in [1.29, 1.82) is 0 Å². The molecule has 1 unspecified atom stereocenters. The van der Waals surface area contributed by atoms with Crippen LogP contribution in [0.1, 0.15) is 60.9 Å². The number of hydrogen-bond acceptors (Lipinski definition) is 8. The molecule has 0 saturated carbocycles. The van der Waals surface area contributed by atoms with Gasteiger partial charge in [0.15, 0.2) is 17.3 Å². The van der Waals surface area contributed by atoms with E-state index in [4.69, 9.17) is 4.74 Å². The second kappa shape index (κ2) is 7.58. The van der Waals surface area contributed by atoms with Crippen molar-refractivity contribution < 1.29 is 29.3 Å². The molecule has 1 aromatic carbocycles. The highest BCUT2D eigenvalue weighted by molar-refractivity contribution is 6.31. The largest absolute Gasteiger partial charge is 0.507 e. The zero-order valence-corrected chi connectivity index (χ0v) is 18.9. The van der Waals surface area contributed by atoms with Crippen LogP contribution < -0.4 is 10.1 Å². The number of phenolic OH excluding ortho intramolecular Hbond substituents is 2. The second-order valence-corrected chi connectivity index (χ2v) is 8.51. The topological polar surface area (TPSA) is 126 Å². The lowest BCUT2D eigenvalue weighted by Gasteiger charge is -2.29. The quantitative estimate of drug-likeness (QED) is 0.370. The van der Waals surface area contributed by atoms with Crippen LogP contribution >= 0.6 is 0 Å². The lowest BCUT2D eigenvalue weighted by molar-refractivity contribution is -0.123. The van der Waals surface area contributed by atoms with Gasteiger partial charge in [-0.15, -0.1) is 0 Å². The number of Topliss-reactive ketones (excluding diaryl/α,β-unsaturated/α-hetero) is 2. The Hall–Kier alpha value is -3.94. The number of carbonyl (C=O) groups is 3. The van der Waals surface area contributed by atoms with Crippen LogP contribution in [-0.2, 0) is 15.0 Å². The first-order chi connectivity index (χ1) is 15.5. The van der Waals surface area contributed by atoms with Crippen LogP contribution in [0.5, 0.6) is 17.2 Å². The van der Waals surface area contributed by atoms with Gasteiger partial charge in [-0.2, -0.15) is 0 Å². The molecule has 1 aromatic heterocycles. The maximum Gasteiger partial charge on any atom is 0.194 e. The highest BCUT2D eigenvalue weighted by atomic mass is 16.5. The third-order valence-electron chi connectivity index (χ3n) is 6.32. The van der Waals surface area contributed by atoms with Gasteiger partial charge in [0.1, 0.15) is 34.0 Å². The molecule has 1 aliphatic carbocycles. The average Bonchev–Trinajstić information content (AvgIpc) is 3.05. The molecule has 170 valence electrons. The Morgan fingerprint density at radius 1 is 1.18 bits per heavy atom. The highest BCUT2D eigenvalue weighted by Gasteiger charge is 2.56. The fourth-order valence-electron chi connectivity index (χ4n) is 4.47. The summed E-state index contributed by atoms with van der Waals surface area (Å²) < 4.78 is 5.77. The number of fused-ring (bicyclic) bond motifs is 3. The molecule has 0 amide bonds. The summed E-state index contributed by atoms with van der Waals surface area (Å²) in [6, 6.07) is 5.19. The minimum absolute atomic E-state index is 0.00428. The van der Waals surface area contributed by atoms with Gasteiger partial charge < -0.3 is 20.3 Å². The van der Waals surface area contributed by atoms with E-state index in [1.165, 1.54) is 26.8 Å². The monoisotopic (exact) mass is 448 g/mol. The number of phenols is 2. The van der Waals surface area contributed by atoms with Gasteiger partial charge in [0, 0.05) is 23.5 Å². The van der Waals surface area contributed by atoms with Gasteiger partial charge in [-0.3, -0.25) is 19.4 Å². The number of allylic oxidation sites excluding steroid dienone is 4. The Bertz CT molecular complexity index is 1290. The van der Waals surface area contributed by atoms with Crippen molar-refractivity contribution in [3.05, 3.63) is 69.9 Å². The summed E-state index contributed by atoms with van der Waals surface area (Å²) in [4.78, 5) is 43.3. The minimum Gasteiger partial charge on any atom is -0.507 e. The summed E-state index contributed by atoms with van der Waals surface area (Å²) in [5, 5.41) is 24.5. The van der Waals surface area contributed by atoms with E-state index in [9.17, 15) is 24.6 Å². The van der Waals surface area contributed by atoms with E-state index in [-0.39, 0.29) is 45.6 Å². The predicted molar refractivity (Wildman–Crippen MR) is 119 cm³/mol. The number of hydrogen-bond donors (Lipinski definition) is 3. The average molecular weight is 448 g/mol. The van der Waals surface area contributed by atoms with Crippen molar-refractivity contribution in [2.75, 3.05) is 0 Å². The second-order valence-electron chi connectivity index (χ2n) is 8.51. The van der Waals surface area contributed by atoms with Crippen molar-refractivity contribution in [2.45, 2.75) is 46.1 Å². The van der Waals surface area contributed by atoms with Crippen LogP contribution in [-0.4, -0.2) is 32.5 Å². The number of nitrogens with one attached hydrogen (secondary N) is 1. The molecular formula is C25H24N2O6. The first-order valence-electron chi connectivity index (χ1n) is 10.5. The summed E-state index contributed by atoms with van der Waals surface area (Å²) in [5.41, 5.74) is -0.539. The van der Waals surface area contributed by atoms with Crippen molar-refractivity contribution in [3.63, 3.8) is 0 Å². The molecule has 1 aliphatic heterocycles. The van der Waals surface area contributed by atoms with E-state index in [1.807, 2.05) is 19.1 Å². The fraction of sp³-hybridized carbons (Fsp3) is 0.280. The number of carbonyl (C=O) groups excluding carboxylic acids is 3. The summed E-state index contributed by atoms with van der Waals surface area (Å²) in [6.07, 6.45) is 2.85. The van der Waals surface area contributed by atoms with E-state index in [0.29, 0.717) is 5.70 Å². The standard InChI is InChI=1S/C25H24N2O6/c1-11-21(30)19(14(4)28)23-20(22(11)31)25(5)17(33-23)10-16(29)18(24(25)32)13(3)27-12(2)15-8-6-7-9-26-15/h6-10,12,27,30-31H,1-5H3/b18-13+/t12?,25-/m1/s1. The number of ketones is 3. The van der Waals surface area contributed by atoms with Gasteiger partial charge >= 0.3 is 0 Å². The van der Waals surface area contributed by atoms with Gasteiger partial charge in [-0.25, -0.2) is 0 Å². The Kier molecular flexibility index (Phi) is 5.11. The molecule has 8 nitrogen and oxygen atoms in total. The highest BCUT2D eigenvalue weighted by Crippen LogP contribution is 2.57. The Balaban J connectivity index is 1.87. The van der Waals surface area contributed by atoms with Crippen LogP contribution in [0.15, 0.2) is 47.5 Å². The third-order valence-corrected chi connectivity index (χ3v) is 6.32. The van der Waals surface area contributed by atoms with Crippen molar-refractivity contribution in [1.82, 2.24) is 10.3 Å². The molecule has 2 heterocycles. The third kappa shape index (κ3) is 3.13. The molecular weight excluding hydrogens is 424 g/mol. The van der Waals surface area contributed by atoms with Crippen LogP contribution in [0.4, 0.5) is 0 Å². The molecule has 2 aromatic rings. The van der Waals surface area contributed by atoms with Crippen molar-refractivity contribution in [3.8, 4) is 17.2 Å². The van der Waals surface area contributed by atoms with Crippen LogP contribution in [0.2, 0.25) is 0 Å². The summed E-state index contributed by atoms with van der Waals surface area (Å²) in [6.45, 7) is 7.72. The Morgan fingerprint density at radius 3 is 2.48 bits per heavy atom. The molecule has 4 rings (SSSR count). The smallest absolute Gasteiger partial charge is 0.194 e. The molecule has 8 heteroatoms. The van der Waals surface area contributed by atoms with E-state index in [2.05, 4.69) is 10.3 Å². The Morgan fingerprint density at radius 2 is 1.88 bits per heavy atom. The molecule has 33 heavy (non-hydrogen) atoms. The van der Waals surface area contributed by atoms with Crippen LogP contribution in [0.3, 0.4) is 0 Å². The Labute approximate surface area is 190 Å². The molecule has 0 saturated heterocycles. The molecule has 0 spiro atoms. The van der Waals surface area contributed by atoms with Gasteiger partial charge in [0.2, 0.25) is 0 Å². The maximum absolute atomic E-state index is 13.8. The first-order valence-corrected chi connectivity index (χ1v) is 10.5. The predicted octanol–water partition coefficient (Wildman–Crippen LogP) is 3.31. The number of pyridine rings is 1. The molecule has 2 aliphatic rings. The number of benzene rings is 1. The minimum atomic E-state index is -1.54. The first kappa shape index (κ1) is 22.3. The van der Waals surface area contributed by atoms with E-state index in [0.717, 1.165) is 5.69 Å². The van der Waals surface area contributed by atoms with Gasteiger partial charge in [-0.05, 0) is 46.8 Å². The zero-order chi connectivity index (χ0) is 24.2. The van der Waals surface area contributed by atoms with E-state index >= 15 is 0 Å². The lowest BCUT2D eigenvalue weighted by atomic mass is 9.70. The number of nitrogens with zero attached hydrogens (tertiary/aromatic N) is 1. The van der Waals surface area contributed by atoms with E-state index in [1.54, 1.807) is 19.2 Å². The summed E-state index contributed by atoms with van der Waals surface area (Å²) in [5.74, 6) is -2.49. The molecule has 2 atom stereocenters. The molecule has 0 fully saturated rings. The van der Waals surface area contributed by atoms with Gasteiger partial charge in [0.25, 0.3) is 0 Å². The summed E-state index contributed by atoms with van der Waals surface area (Å²) >= 11 is 0. The number of aromatic hydroxyl groups is 2. The normalized spacial score (nSPS) is 21.5. The van der Waals surface area contributed by atoms with Crippen LogP contribution in [0, 0.1) is 6.92 Å². The van der Waals surface area contributed by atoms with Gasteiger partial charge in [0.05, 0.1) is 22.9 Å². The maximum atomic E-state index is 13.8. The number of ether oxygens (including phenoxy) is 1. The number of rotatable bonds is 4.